The summed E-state index contributed by atoms with van der Waals surface area (Å²) in [5, 5.41) is 3.28. The van der Waals surface area contributed by atoms with Crippen molar-refractivity contribution < 1.29 is 4.74 Å². The van der Waals surface area contributed by atoms with Gasteiger partial charge in [-0.2, -0.15) is 0 Å². The largest absolute Gasteiger partial charge is 0.385 e. The Morgan fingerprint density at radius 1 is 1.57 bits per heavy atom. The quantitative estimate of drug-likeness (QED) is 0.695. The molecule has 1 heterocycles. The summed E-state index contributed by atoms with van der Waals surface area (Å²) in [6.45, 7) is 5.57. The molecule has 0 bridgehead atoms. The zero-order valence-corrected chi connectivity index (χ0v) is 9.75. The second-order valence-electron chi connectivity index (χ2n) is 4.22. The zero-order valence-electron chi connectivity index (χ0n) is 9.75. The van der Waals surface area contributed by atoms with Crippen LogP contribution in [-0.2, 0) is 4.74 Å². The number of likely N-dealkylation sites (N-methyl/N-ethyl adjacent to an activating group) is 1. The molecule has 84 valence electrons. The molecule has 2 unspecified atom stereocenters. The normalized spacial score (nSPS) is 25.5. The molecular weight excluding hydrogens is 176 g/mol. The zero-order chi connectivity index (χ0) is 10.4. The molecule has 0 radical (unpaired) electrons. The Balaban J connectivity index is 2.32. The first kappa shape index (κ1) is 12.0. The van der Waals surface area contributed by atoms with Gasteiger partial charge in [-0.25, -0.2) is 0 Å². The van der Waals surface area contributed by atoms with Crippen LogP contribution in [0.15, 0.2) is 0 Å². The molecule has 0 saturated carbocycles. The number of rotatable bonds is 6. The minimum atomic E-state index is 0.663. The van der Waals surface area contributed by atoms with Crippen LogP contribution in [0.2, 0.25) is 0 Å². The van der Waals surface area contributed by atoms with Crippen molar-refractivity contribution >= 4 is 0 Å². The Labute approximate surface area is 87.8 Å². The van der Waals surface area contributed by atoms with E-state index in [9.17, 15) is 0 Å². The molecule has 0 spiro atoms. The van der Waals surface area contributed by atoms with Gasteiger partial charge in [0.25, 0.3) is 0 Å². The molecule has 0 amide bonds. The monoisotopic (exact) mass is 200 g/mol. The van der Waals surface area contributed by atoms with E-state index in [0.29, 0.717) is 6.04 Å². The molecule has 3 heteroatoms. The topological polar surface area (TPSA) is 24.5 Å². The third kappa shape index (κ3) is 3.23. The average molecular weight is 200 g/mol. The number of nitrogens with one attached hydrogen (secondary N) is 1. The predicted molar refractivity (Wildman–Crippen MR) is 59.6 cm³/mol. The van der Waals surface area contributed by atoms with E-state index in [0.717, 1.165) is 25.6 Å². The van der Waals surface area contributed by atoms with Crippen molar-refractivity contribution in [2.75, 3.05) is 33.9 Å². The second kappa shape index (κ2) is 6.38. The van der Waals surface area contributed by atoms with Gasteiger partial charge in [0.2, 0.25) is 0 Å². The highest BCUT2D eigenvalue weighted by atomic mass is 16.5. The van der Waals surface area contributed by atoms with Gasteiger partial charge in [-0.1, -0.05) is 0 Å². The maximum Gasteiger partial charge on any atom is 0.0477 e. The van der Waals surface area contributed by atoms with Crippen LogP contribution in [0.25, 0.3) is 0 Å². The molecule has 3 nitrogen and oxygen atoms in total. The van der Waals surface area contributed by atoms with Gasteiger partial charge in [0.1, 0.15) is 0 Å². The molecule has 1 N–H and O–H groups in total. The van der Waals surface area contributed by atoms with Crippen LogP contribution in [0.3, 0.4) is 0 Å². The van der Waals surface area contributed by atoms with Gasteiger partial charge in [-0.05, 0) is 39.8 Å². The molecule has 2 atom stereocenters. The fourth-order valence-corrected chi connectivity index (χ4v) is 2.35. The van der Waals surface area contributed by atoms with Crippen LogP contribution in [-0.4, -0.2) is 50.8 Å². The SMILES string of the molecule is CNCC1CCCN1C(C)CCOC. The van der Waals surface area contributed by atoms with Crippen molar-refractivity contribution in [2.24, 2.45) is 0 Å². The molecule has 1 fully saturated rings. The van der Waals surface area contributed by atoms with Crippen molar-refractivity contribution in [3.8, 4) is 0 Å². The molecular formula is C11H24N2O. The fraction of sp³-hybridized carbons (Fsp3) is 1.00. The van der Waals surface area contributed by atoms with E-state index in [2.05, 4.69) is 17.1 Å². The van der Waals surface area contributed by atoms with Crippen LogP contribution in [0, 0.1) is 0 Å². The minimum Gasteiger partial charge on any atom is -0.385 e. The Morgan fingerprint density at radius 2 is 2.36 bits per heavy atom. The summed E-state index contributed by atoms with van der Waals surface area (Å²) < 4.78 is 5.12. The number of hydrogen-bond acceptors (Lipinski definition) is 3. The number of methoxy groups -OCH3 is 1. The molecule has 1 aliphatic heterocycles. The van der Waals surface area contributed by atoms with E-state index < -0.39 is 0 Å². The Bertz CT molecular complexity index is 152. The summed E-state index contributed by atoms with van der Waals surface area (Å²) >= 11 is 0. The summed E-state index contributed by atoms with van der Waals surface area (Å²) in [7, 11) is 3.82. The maximum absolute atomic E-state index is 5.12. The average Bonchev–Trinajstić information content (AvgIpc) is 2.63. The lowest BCUT2D eigenvalue weighted by atomic mass is 10.1. The van der Waals surface area contributed by atoms with Crippen molar-refractivity contribution in [1.29, 1.82) is 0 Å². The molecule has 1 aliphatic rings. The van der Waals surface area contributed by atoms with Gasteiger partial charge in [-0.3, -0.25) is 4.90 Å². The highest BCUT2D eigenvalue weighted by Gasteiger charge is 2.27. The molecule has 0 aromatic rings. The smallest absolute Gasteiger partial charge is 0.0477 e. The highest BCUT2D eigenvalue weighted by molar-refractivity contribution is 4.84. The molecule has 0 aromatic carbocycles. The number of ether oxygens (including phenoxy) is 1. The lowest BCUT2D eigenvalue weighted by molar-refractivity contribution is 0.130. The molecule has 0 aliphatic carbocycles. The third-order valence-electron chi connectivity index (χ3n) is 3.17. The first-order chi connectivity index (χ1) is 6.79. The van der Waals surface area contributed by atoms with Gasteiger partial charge in [0, 0.05) is 32.3 Å². The Hall–Kier alpha value is -0.120. The van der Waals surface area contributed by atoms with Gasteiger partial charge in [-0.15, -0.1) is 0 Å². The lowest BCUT2D eigenvalue weighted by Gasteiger charge is -2.30. The van der Waals surface area contributed by atoms with Gasteiger partial charge >= 0.3 is 0 Å². The van der Waals surface area contributed by atoms with E-state index in [1.54, 1.807) is 7.11 Å². The van der Waals surface area contributed by atoms with E-state index in [4.69, 9.17) is 4.74 Å². The summed E-state index contributed by atoms with van der Waals surface area (Å²) in [4.78, 5) is 2.62. The van der Waals surface area contributed by atoms with E-state index in [1.165, 1.54) is 19.4 Å². The van der Waals surface area contributed by atoms with Crippen molar-refractivity contribution in [3.63, 3.8) is 0 Å². The van der Waals surface area contributed by atoms with Crippen LogP contribution in [0.5, 0.6) is 0 Å². The Kier molecular flexibility index (Phi) is 5.45. The maximum atomic E-state index is 5.12. The number of hydrogen-bond donors (Lipinski definition) is 1. The van der Waals surface area contributed by atoms with Crippen LogP contribution in [0.4, 0.5) is 0 Å². The van der Waals surface area contributed by atoms with E-state index in [-0.39, 0.29) is 0 Å². The van der Waals surface area contributed by atoms with Gasteiger partial charge < -0.3 is 10.1 Å². The van der Waals surface area contributed by atoms with Crippen LogP contribution < -0.4 is 5.32 Å². The first-order valence-corrected chi connectivity index (χ1v) is 5.69. The highest BCUT2D eigenvalue weighted by Crippen LogP contribution is 2.20. The van der Waals surface area contributed by atoms with Crippen molar-refractivity contribution in [2.45, 2.75) is 38.3 Å². The predicted octanol–water partition coefficient (Wildman–Crippen LogP) is 1.10. The second-order valence-corrected chi connectivity index (χ2v) is 4.22. The minimum absolute atomic E-state index is 0.663. The molecule has 14 heavy (non-hydrogen) atoms. The van der Waals surface area contributed by atoms with Crippen LogP contribution in [0.1, 0.15) is 26.2 Å². The summed E-state index contributed by atoms with van der Waals surface area (Å²) in [5.74, 6) is 0. The molecule has 0 aromatic heterocycles. The first-order valence-electron chi connectivity index (χ1n) is 5.69. The molecule has 1 rings (SSSR count). The molecule has 1 saturated heterocycles. The fourth-order valence-electron chi connectivity index (χ4n) is 2.35. The standard InChI is InChI=1S/C11H24N2O/c1-10(6-8-14-3)13-7-4-5-11(13)9-12-2/h10-12H,4-9H2,1-3H3. The van der Waals surface area contributed by atoms with Crippen molar-refractivity contribution in [1.82, 2.24) is 10.2 Å². The summed E-state index contributed by atoms with van der Waals surface area (Å²) in [6.07, 6.45) is 3.85. The number of likely N-dealkylation sites (tertiary alicyclic amines) is 1. The van der Waals surface area contributed by atoms with Gasteiger partial charge in [0.15, 0.2) is 0 Å². The van der Waals surface area contributed by atoms with Crippen LogP contribution >= 0.6 is 0 Å². The summed E-state index contributed by atoms with van der Waals surface area (Å²) in [6, 6.07) is 1.41. The third-order valence-corrected chi connectivity index (χ3v) is 3.17. The van der Waals surface area contributed by atoms with Crippen molar-refractivity contribution in [3.05, 3.63) is 0 Å². The van der Waals surface area contributed by atoms with Gasteiger partial charge in [0.05, 0.1) is 0 Å². The lowest BCUT2D eigenvalue weighted by Crippen LogP contribution is -2.42. The Morgan fingerprint density at radius 3 is 3.00 bits per heavy atom. The number of nitrogens with zero attached hydrogens (tertiary/aromatic N) is 1. The summed E-state index contributed by atoms with van der Waals surface area (Å²) in [5.41, 5.74) is 0. The van der Waals surface area contributed by atoms with E-state index >= 15 is 0 Å². The van der Waals surface area contributed by atoms with E-state index in [1.807, 2.05) is 7.05 Å².